The molecule has 4 atom stereocenters. The van der Waals surface area contributed by atoms with E-state index in [1.807, 2.05) is 4.90 Å². The van der Waals surface area contributed by atoms with Crippen molar-refractivity contribution in [3.05, 3.63) is 22.3 Å². The summed E-state index contributed by atoms with van der Waals surface area (Å²) in [5, 5.41) is 16.3. The summed E-state index contributed by atoms with van der Waals surface area (Å²) >= 11 is 1.10. The minimum atomic E-state index is -4.23. The molecule has 196 valence electrons. The number of sulfonamides is 2. The number of amidine groups is 1. The lowest BCUT2D eigenvalue weighted by Crippen LogP contribution is -2.58. The summed E-state index contributed by atoms with van der Waals surface area (Å²) in [6.07, 6.45) is 9.14. The van der Waals surface area contributed by atoms with E-state index in [9.17, 15) is 26.7 Å². The van der Waals surface area contributed by atoms with Crippen molar-refractivity contribution in [1.82, 2.24) is 9.62 Å². The molecule has 2 unspecified atom stereocenters. The molecule has 1 amide bonds. The average molecular weight is 555 g/mol. The number of carbonyl (C=O) groups excluding carboxylic acids is 1. The Morgan fingerprint density at radius 1 is 1.19 bits per heavy atom. The Morgan fingerprint density at radius 2 is 1.92 bits per heavy atom. The van der Waals surface area contributed by atoms with Crippen molar-refractivity contribution >= 4 is 48.1 Å². The first kappa shape index (κ1) is 24.4. The van der Waals surface area contributed by atoms with Gasteiger partial charge in [0.1, 0.15) is 21.2 Å². The minimum Gasteiger partial charge on any atom is -0.511 e. The number of nitrogens with zero attached hydrogens (tertiary/aromatic N) is 2. The van der Waals surface area contributed by atoms with Gasteiger partial charge in [-0.3, -0.25) is 4.79 Å². The average Bonchev–Trinajstić information content (AvgIpc) is 3.53. The van der Waals surface area contributed by atoms with Gasteiger partial charge in [0.15, 0.2) is 5.84 Å². The summed E-state index contributed by atoms with van der Waals surface area (Å²) in [6, 6.07) is 0.0582. The molecule has 0 spiro atoms. The monoisotopic (exact) mass is 554 g/mol. The second-order valence-corrected chi connectivity index (χ2v) is 14.9. The number of rotatable bonds is 5. The molecule has 3 fully saturated rings. The predicted octanol–water partition coefficient (Wildman–Crippen LogP) is 2.71. The number of amides is 1. The molecule has 2 bridgehead atoms. The van der Waals surface area contributed by atoms with Gasteiger partial charge in [-0.15, -0.1) is 15.7 Å². The summed E-state index contributed by atoms with van der Waals surface area (Å²) in [4.78, 5) is 15.9. The standard InChI is InChI=1S/C23H30N4O6S3/c1-35(30,31)24-10-14-11-34-22-20(14)36(32,33)26-21(25-22)17-19(28)16-12-7-8-13(9-12)18(16)27(23(17)29)15-5-3-2-4-6-15/h11-13,15-16,18,24,28H,2-10H2,1H3,(H,25,26)/t12-,13+,16?,18?/m1/s1. The fraction of sp³-hybridized carbons (Fsp3) is 0.652. The quantitative estimate of drug-likeness (QED) is 0.507. The van der Waals surface area contributed by atoms with E-state index in [0.29, 0.717) is 5.92 Å². The first-order chi connectivity index (χ1) is 17.0. The molecule has 0 radical (unpaired) electrons. The van der Waals surface area contributed by atoms with E-state index in [1.54, 1.807) is 5.38 Å². The van der Waals surface area contributed by atoms with Crippen LogP contribution in [0, 0.1) is 17.8 Å². The van der Waals surface area contributed by atoms with E-state index < -0.39 is 20.0 Å². The van der Waals surface area contributed by atoms with E-state index in [2.05, 4.69) is 14.4 Å². The topological polar surface area (TPSA) is 145 Å². The second kappa shape index (κ2) is 8.53. The summed E-state index contributed by atoms with van der Waals surface area (Å²) < 4.78 is 55.8. The van der Waals surface area contributed by atoms with Crippen LogP contribution in [-0.2, 0) is 31.4 Å². The maximum absolute atomic E-state index is 14.0. The maximum Gasteiger partial charge on any atom is 0.287 e. The number of aliphatic hydroxyl groups excluding tert-OH is 1. The van der Waals surface area contributed by atoms with Crippen LogP contribution in [0.15, 0.2) is 26.0 Å². The van der Waals surface area contributed by atoms with Gasteiger partial charge in [0.05, 0.1) is 6.26 Å². The maximum atomic E-state index is 14.0. The van der Waals surface area contributed by atoms with Gasteiger partial charge < -0.3 is 15.3 Å². The Kier molecular flexibility index (Phi) is 5.78. The van der Waals surface area contributed by atoms with Crippen molar-refractivity contribution in [3.8, 4) is 0 Å². The number of nitrogens with one attached hydrogen (secondary N) is 2. The van der Waals surface area contributed by atoms with Crippen LogP contribution in [-0.4, -0.2) is 56.9 Å². The number of aliphatic hydroxyl groups is 1. The molecular formula is C23H30N4O6S3. The number of fused-ring (bicyclic) bond motifs is 6. The van der Waals surface area contributed by atoms with E-state index in [0.717, 1.165) is 69.0 Å². The number of anilines is 1. The van der Waals surface area contributed by atoms with Crippen LogP contribution in [0.5, 0.6) is 0 Å². The fourth-order valence-corrected chi connectivity index (χ4v) is 10.1. The van der Waals surface area contributed by atoms with E-state index in [-0.39, 0.29) is 69.0 Å². The molecule has 36 heavy (non-hydrogen) atoms. The van der Waals surface area contributed by atoms with Crippen LogP contribution in [0.2, 0.25) is 0 Å². The van der Waals surface area contributed by atoms with Gasteiger partial charge >= 0.3 is 0 Å². The lowest BCUT2D eigenvalue weighted by atomic mass is 9.76. The van der Waals surface area contributed by atoms with E-state index in [4.69, 9.17) is 0 Å². The third kappa shape index (κ3) is 3.89. The first-order valence-electron chi connectivity index (χ1n) is 12.5. The van der Waals surface area contributed by atoms with Gasteiger partial charge in [-0.05, 0) is 49.3 Å². The Bertz CT molecular complexity index is 1390. The van der Waals surface area contributed by atoms with Gasteiger partial charge in [0.25, 0.3) is 15.9 Å². The second-order valence-electron chi connectivity index (χ2n) is 10.7. The molecule has 13 heteroatoms. The van der Waals surface area contributed by atoms with Crippen molar-refractivity contribution in [2.24, 2.45) is 22.2 Å². The Labute approximate surface area is 215 Å². The molecule has 1 aromatic heterocycles. The first-order valence-corrected chi connectivity index (χ1v) is 16.7. The normalized spacial score (nSPS) is 31.8. The molecular weight excluding hydrogens is 524 g/mol. The van der Waals surface area contributed by atoms with Crippen molar-refractivity contribution in [3.63, 3.8) is 0 Å². The zero-order valence-electron chi connectivity index (χ0n) is 19.9. The van der Waals surface area contributed by atoms with Crippen LogP contribution in [0.1, 0.15) is 56.9 Å². The van der Waals surface area contributed by atoms with Crippen LogP contribution in [0.25, 0.3) is 0 Å². The van der Waals surface area contributed by atoms with Gasteiger partial charge in [-0.25, -0.2) is 13.1 Å². The smallest absolute Gasteiger partial charge is 0.287 e. The largest absolute Gasteiger partial charge is 0.511 e. The van der Waals surface area contributed by atoms with Gasteiger partial charge in [-0.1, -0.05) is 19.3 Å². The van der Waals surface area contributed by atoms with Crippen molar-refractivity contribution in [1.29, 1.82) is 0 Å². The SMILES string of the molecule is CS(=O)(=O)NCc1csc2c1S(=O)(=O)N=C(C1=C(O)C3C([C@H]4CC[C@@H]3C4)N(C3CCCCC3)C1=O)N2. The highest BCUT2D eigenvalue weighted by Crippen LogP contribution is 2.56. The highest BCUT2D eigenvalue weighted by molar-refractivity contribution is 7.91. The molecule has 3 N–H and O–H groups in total. The Balaban J connectivity index is 1.40. The Morgan fingerprint density at radius 3 is 2.64 bits per heavy atom. The summed E-state index contributed by atoms with van der Waals surface area (Å²) in [5.41, 5.74) is 0.244. The zero-order chi connectivity index (χ0) is 25.4. The molecule has 3 heterocycles. The van der Waals surface area contributed by atoms with Crippen LogP contribution in [0.4, 0.5) is 5.00 Å². The lowest BCUT2D eigenvalue weighted by Gasteiger charge is -2.48. The van der Waals surface area contributed by atoms with E-state index in [1.165, 1.54) is 0 Å². The molecule has 2 aliphatic heterocycles. The molecule has 10 nitrogen and oxygen atoms in total. The predicted molar refractivity (Wildman–Crippen MR) is 136 cm³/mol. The fourth-order valence-electron chi connectivity index (χ4n) is 7.07. The number of hydrogen-bond acceptors (Lipinski definition) is 8. The van der Waals surface area contributed by atoms with Crippen molar-refractivity contribution < 1.29 is 26.7 Å². The van der Waals surface area contributed by atoms with Gasteiger partial charge in [0.2, 0.25) is 10.0 Å². The molecule has 1 aromatic rings. The highest BCUT2D eigenvalue weighted by atomic mass is 32.2. The van der Waals surface area contributed by atoms with Gasteiger partial charge in [-0.2, -0.15) is 8.42 Å². The van der Waals surface area contributed by atoms with Crippen molar-refractivity contribution in [2.75, 3.05) is 11.6 Å². The molecule has 0 saturated heterocycles. The summed E-state index contributed by atoms with van der Waals surface area (Å²) in [7, 11) is -7.76. The number of hydrogen-bond donors (Lipinski definition) is 3. The molecule has 6 rings (SSSR count). The lowest BCUT2D eigenvalue weighted by molar-refractivity contribution is -0.137. The third-order valence-electron chi connectivity index (χ3n) is 8.46. The number of carbonyl (C=O) groups is 1. The molecule has 5 aliphatic rings. The molecule has 0 aromatic carbocycles. The summed E-state index contributed by atoms with van der Waals surface area (Å²) in [6.45, 7) is -0.189. The van der Waals surface area contributed by atoms with Crippen LogP contribution < -0.4 is 10.0 Å². The Hall–Kier alpha value is -1.96. The zero-order valence-corrected chi connectivity index (χ0v) is 22.4. The van der Waals surface area contributed by atoms with Gasteiger partial charge in [0, 0.05) is 30.1 Å². The van der Waals surface area contributed by atoms with Crippen LogP contribution in [0.3, 0.4) is 0 Å². The molecule has 3 aliphatic carbocycles. The highest BCUT2D eigenvalue weighted by Gasteiger charge is 2.58. The van der Waals surface area contributed by atoms with Crippen molar-refractivity contribution in [2.45, 2.75) is 74.9 Å². The minimum absolute atomic E-state index is 0.0325. The van der Waals surface area contributed by atoms with Crippen LogP contribution >= 0.6 is 11.3 Å². The summed E-state index contributed by atoms with van der Waals surface area (Å²) in [5.74, 6) is -0.0611. The number of thiophene rings is 1. The van der Waals surface area contributed by atoms with E-state index >= 15 is 0 Å². The molecule has 3 saturated carbocycles. The third-order valence-corrected chi connectivity index (χ3v) is 11.6.